The zero-order valence-corrected chi connectivity index (χ0v) is 21.8. The van der Waals surface area contributed by atoms with Crippen LogP contribution in [-0.2, 0) is 39.5 Å². The van der Waals surface area contributed by atoms with Gasteiger partial charge in [0.2, 0.25) is 5.91 Å². The molecule has 0 spiro atoms. The number of aromatic nitrogens is 2. The molecule has 3 atom stereocenters. The van der Waals surface area contributed by atoms with Crippen molar-refractivity contribution in [1.29, 1.82) is 0 Å². The van der Waals surface area contributed by atoms with Gasteiger partial charge in [0.05, 0.1) is 35.1 Å². The van der Waals surface area contributed by atoms with Crippen molar-refractivity contribution in [3.05, 3.63) is 61.7 Å². The predicted octanol–water partition coefficient (Wildman–Crippen LogP) is 3.83. The number of hydrogen-bond donors (Lipinski definition) is 2. The number of rotatable bonds is 3. The van der Waals surface area contributed by atoms with Gasteiger partial charge in [-0.25, -0.2) is 14.2 Å². The lowest BCUT2D eigenvalue weighted by atomic mass is 9.81. The first kappa shape index (κ1) is 26.4. The van der Waals surface area contributed by atoms with Gasteiger partial charge in [-0.2, -0.15) is 13.2 Å². The number of amides is 1. The lowest BCUT2D eigenvalue weighted by Gasteiger charge is -2.31. The molecule has 0 saturated heterocycles. The first-order valence-electron chi connectivity index (χ1n) is 13.0. The monoisotopic (exact) mass is 559 g/mol. The number of nitrogens with one attached hydrogen (secondary N) is 1. The zero-order valence-electron chi connectivity index (χ0n) is 21.8. The lowest BCUT2D eigenvalue weighted by Crippen LogP contribution is -2.44. The maximum absolute atomic E-state index is 14.9. The van der Waals surface area contributed by atoms with Gasteiger partial charge >= 0.3 is 12.1 Å². The number of nitrogens with zero attached hydrogens (tertiary/aromatic N) is 2. The summed E-state index contributed by atoms with van der Waals surface area (Å²) in [5.41, 5.74) is 0.491. The number of halogens is 4. The Morgan fingerprint density at radius 1 is 1.27 bits per heavy atom. The molecule has 3 aliphatic rings. The van der Waals surface area contributed by atoms with Crippen LogP contribution in [0.2, 0.25) is 0 Å². The van der Waals surface area contributed by atoms with E-state index in [2.05, 4.69) is 10.3 Å². The Labute approximate surface area is 225 Å². The van der Waals surface area contributed by atoms with Crippen LogP contribution in [0.1, 0.15) is 66.1 Å². The van der Waals surface area contributed by atoms with E-state index in [-0.39, 0.29) is 54.0 Å². The average molecular weight is 560 g/mol. The van der Waals surface area contributed by atoms with Crippen molar-refractivity contribution in [2.75, 3.05) is 0 Å². The number of cyclic esters (lactones) is 1. The number of pyridine rings is 2. The van der Waals surface area contributed by atoms with Gasteiger partial charge in [0, 0.05) is 22.6 Å². The molecule has 12 heteroatoms. The summed E-state index contributed by atoms with van der Waals surface area (Å²) in [6.07, 6.45) is -4.25. The van der Waals surface area contributed by atoms with Gasteiger partial charge < -0.3 is 19.7 Å². The molecule has 2 N–H and O–H groups in total. The van der Waals surface area contributed by atoms with Crippen molar-refractivity contribution >= 4 is 22.8 Å². The fourth-order valence-corrected chi connectivity index (χ4v) is 6.14. The average Bonchev–Trinajstić information content (AvgIpc) is 3.27. The number of carbonyl (C=O) groups excluding carboxylic acids is 2. The Kier molecular flexibility index (Phi) is 5.68. The quantitative estimate of drug-likeness (QED) is 0.292. The van der Waals surface area contributed by atoms with Gasteiger partial charge in [-0.1, -0.05) is 6.92 Å². The third-order valence-corrected chi connectivity index (χ3v) is 8.58. The highest BCUT2D eigenvalue weighted by Gasteiger charge is 2.46. The van der Waals surface area contributed by atoms with Gasteiger partial charge in [0.1, 0.15) is 18.3 Å². The molecular weight excluding hydrogens is 534 g/mol. The lowest BCUT2D eigenvalue weighted by molar-refractivity contribution is -0.179. The summed E-state index contributed by atoms with van der Waals surface area (Å²) in [5.74, 6) is -4.82. The minimum atomic E-state index is -4.73. The van der Waals surface area contributed by atoms with E-state index < -0.39 is 47.0 Å². The maximum Gasteiger partial charge on any atom is 0.400 e. The first-order valence-corrected chi connectivity index (χ1v) is 13.0. The Morgan fingerprint density at radius 2 is 2.00 bits per heavy atom. The molecule has 0 radical (unpaired) electrons. The highest BCUT2D eigenvalue weighted by molar-refractivity contribution is 5.94. The Bertz CT molecular complexity index is 1710. The number of esters is 1. The number of alkyl halides is 3. The first-order chi connectivity index (χ1) is 18.8. The summed E-state index contributed by atoms with van der Waals surface area (Å²) < 4.78 is 61.4. The molecule has 40 heavy (non-hydrogen) atoms. The minimum Gasteiger partial charge on any atom is -0.458 e. The summed E-state index contributed by atoms with van der Waals surface area (Å²) in [6, 6.07) is 1.90. The van der Waals surface area contributed by atoms with Crippen LogP contribution in [0.3, 0.4) is 0 Å². The highest BCUT2D eigenvalue weighted by atomic mass is 19.4. The number of ether oxygens (including phenoxy) is 1. The molecule has 2 aliphatic heterocycles. The van der Waals surface area contributed by atoms with Crippen molar-refractivity contribution in [1.82, 2.24) is 14.9 Å². The van der Waals surface area contributed by atoms with Gasteiger partial charge in [-0.05, 0) is 55.9 Å². The van der Waals surface area contributed by atoms with Gasteiger partial charge in [-0.3, -0.25) is 9.59 Å². The molecule has 8 nitrogen and oxygen atoms in total. The van der Waals surface area contributed by atoms with Crippen LogP contribution in [-0.4, -0.2) is 32.7 Å². The van der Waals surface area contributed by atoms with Gasteiger partial charge in [0.15, 0.2) is 5.60 Å². The number of carbonyl (C=O) groups is 2. The van der Waals surface area contributed by atoms with E-state index in [4.69, 9.17) is 4.74 Å². The molecule has 0 unspecified atom stereocenters. The summed E-state index contributed by atoms with van der Waals surface area (Å²) >= 11 is 0. The fourth-order valence-electron chi connectivity index (χ4n) is 6.14. The predicted molar refractivity (Wildman–Crippen MR) is 134 cm³/mol. The molecule has 0 bridgehead atoms. The number of aryl methyl sites for hydroxylation is 1. The van der Waals surface area contributed by atoms with Crippen LogP contribution in [0.5, 0.6) is 0 Å². The van der Waals surface area contributed by atoms with Crippen molar-refractivity contribution < 1.29 is 37.0 Å². The molecule has 1 amide bonds. The number of fused-ring (bicyclic) bond motifs is 5. The second-order valence-corrected chi connectivity index (χ2v) is 10.7. The molecule has 210 valence electrons. The summed E-state index contributed by atoms with van der Waals surface area (Å²) in [7, 11) is 0. The van der Waals surface area contributed by atoms with E-state index in [1.165, 1.54) is 16.7 Å². The molecule has 1 aromatic carbocycles. The standard InChI is InChI=1S/C28H25F4N3O5/c1-4-27(39)16-7-20-23-14(9-35(20)25(37)15(16)10-40-26(27)38)22-18(34-24(36)12(3)28(30,31)32)6-5-13-11(2)17(29)8-19(33-23)21(13)22/h7-8,12,18,39H,4-6,9-10H2,1-3H3,(H,34,36)/t12-,18+,27+/m1/s1. The second kappa shape index (κ2) is 8.60. The molecule has 0 fully saturated rings. The molecule has 6 rings (SSSR count). The highest BCUT2D eigenvalue weighted by Crippen LogP contribution is 2.46. The van der Waals surface area contributed by atoms with Crippen LogP contribution < -0.4 is 10.9 Å². The van der Waals surface area contributed by atoms with E-state index in [9.17, 15) is 37.1 Å². The fraction of sp³-hybridized carbons (Fsp3) is 0.429. The van der Waals surface area contributed by atoms with Crippen LogP contribution in [0.25, 0.3) is 22.3 Å². The Balaban J connectivity index is 1.60. The Morgan fingerprint density at radius 3 is 2.67 bits per heavy atom. The van der Waals surface area contributed by atoms with E-state index in [1.54, 1.807) is 13.8 Å². The van der Waals surface area contributed by atoms with Crippen LogP contribution in [0.4, 0.5) is 17.6 Å². The van der Waals surface area contributed by atoms with Crippen LogP contribution in [0, 0.1) is 18.7 Å². The number of hydrogen-bond acceptors (Lipinski definition) is 6. The minimum absolute atomic E-state index is 0.00931. The summed E-state index contributed by atoms with van der Waals surface area (Å²) in [4.78, 5) is 43.4. The molecule has 1 aliphatic carbocycles. The van der Waals surface area contributed by atoms with Crippen molar-refractivity contribution in [3.8, 4) is 11.4 Å². The largest absolute Gasteiger partial charge is 0.458 e. The van der Waals surface area contributed by atoms with E-state index in [0.717, 1.165) is 6.92 Å². The molecule has 4 heterocycles. The maximum atomic E-state index is 14.9. The molecular formula is C28H25F4N3O5. The van der Waals surface area contributed by atoms with Crippen molar-refractivity contribution in [2.24, 2.45) is 5.92 Å². The smallest absolute Gasteiger partial charge is 0.400 e. The third kappa shape index (κ3) is 3.54. The SMILES string of the molecule is CC[C@@]1(O)C(=O)OCc2c1cc1n(c2=O)Cc2c-1nc1cc(F)c(C)c3c1c2[C@@H](NC(=O)[C@@H](C)C(F)(F)F)CC3. The zero-order chi connectivity index (χ0) is 28.9. The normalized spacial score (nSPS) is 21.9. The van der Waals surface area contributed by atoms with Crippen molar-refractivity contribution in [3.63, 3.8) is 0 Å². The molecule has 2 aromatic heterocycles. The Hall–Kier alpha value is -3.80. The third-order valence-electron chi connectivity index (χ3n) is 8.58. The topological polar surface area (TPSA) is 111 Å². The van der Waals surface area contributed by atoms with E-state index in [1.807, 2.05) is 0 Å². The molecule has 0 saturated carbocycles. The molecule has 3 aromatic rings. The summed E-state index contributed by atoms with van der Waals surface area (Å²) in [5, 5.41) is 14.2. The van der Waals surface area contributed by atoms with Crippen LogP contribution >= 0.6 is 0 Å². The van der Waals surface area contributed by atoms with Crippen LogP contribution in [0.15, 0.2) is 16.9 Å². The van der Waals surface area contributed by atoms with Gasteiger partial charge in [-0.15, -0.1) is 0 Å². The van der Waals surface area contributed by atoms with E-state index >= 15 is 0 Å². The second-order valence-electron chi connectivity index (χ2n) is 10.7. The van der Waals surface area contributed by atoms with Crippen molar-refractivity contribution in [2.45, 2.75) is 71.0 Å². The summed E-state index contributed by atoms with van der Waals surface area (Å²) in [6.45, 7) is 3.65. The number of benzene rings is 1. The number of aliphatic hydroxyl groups is 1. The van der Waals surface area contributed by atoms with E-state index in [0.29, 0.717) is 34.1 Å². The van der Waals surface area contributed by atoms with Gasteiger partial charge in [0.25, 0.3) is 5.56 Å².